The number of hydrogen-bond acceptors (Lipinski definition) is 4. The fraction of sp³-hybridized carbons (Fsp3) is 0.250. The standard InChI is InChI=1S/C32H32N2O4/c1-19-11-12-20(32(2,3)4)17-24(19)29(35)27-28(25-18-33(5)26-10-8-7-9-23(25)26)34(31(37)30(27)36)21-13-15-22(38-6)16-14-21/h7-18,28,35H,1-6H3/b29-27+. The average molecular weight is 509 g/mol. The maximum Gasteiger partial charge on any atom is 0.300 e. The summed E-state index contributed by atoms with van der Waals surface area (Å²) in [5, 5.41) is 12.7. The van der Waals surface area contributed by atoms with Gasteiger partial charge in [0.05, 0.1) is 18.7 Å². The lowest BCUT2D eigenvalue weighted by Gasteiger charge is -2.25. The third kappa shape index (κ3) is 4.06. The molecule has 1 aromatic heterocycles. The zero-order valence-electron chi connectivity index (χ0n) is 22.6. The van der Waals surface area contributed by atoms with Crippen LogP contribution in [0.2, 0.25) is 0 Å². The van der Waals surface area contributed by atoms with Crippen molar-refractivity contribution in [1.82, 2.24) is 4.57 Å². The number of anilines is 1. The summed E-state index contributed by atoms with van der Waals surface area (Å²) in [7, 11) is 3.51. The lowest BCUT2D eigenvalue weighted by Crippen LogP contribution is -2.29. The molecule has 6 heteroatoms. The Hall–Kier alpha value is -4.32. The van der Waals surface area contributed by atoms with Crippen LogP contribution in [0.5, 0.6) is 5.75 Å². The van der Waals surface area contributed by atoms with Gasteiger partial charge in [0.25, 0.3) is 11.7 Å². The quantitative estimate of drug-likeness (QED) is 0.196. The highest BCUT2D eigenvalue weighted by molar-refractivity contribution is 6.52. The molecular formula is C32H32N2O4. The fourth-order valence-corrected chi connectivity index (χ4v) is 5.22. The van der Waals surface area contributed by atoms with Crippen LogP contribution < -0.4 is 9.64 Å². The number of carbonyl (C=O) groups excluding carboxylic acids is 2. The van der Waals surface area contributed by atoms with Crippen LogP contribution in [-0.2, 0) is 22.1 Å². The SMILES string of the molecule is COc1ccc(N2C(=O)C(=O)/C(=C(/O)c3cc(C(C)(C)C)ccc3C)C2c2cn(C)c3ccccc23)cc1. The van der Waals surface area contributed by atoms with E-state index in [0.717, 1.165) is 27.6 Å². The predicted molar refractivity (Wildman–Crippen MR) is 151 cm³/mol. The molecule has 1 unspecified atom stereocenters. The molecule has 1 aliphatic rings. The van der Waals surface area contributed by atoms with Crippen molar-refractivity contribution in [3.8, 4) is 5.75 Å². The van der Waals surface area contributed by atoms with Crippen LogP contribution in [0, 0.1) is 6.92 Å². The number of carbonyl (C=O) groups is 2. The van der Waals surface area contributed by atoms with Crippen molar-refractivity contribution in [3.05, 3.63) is 101 Å². The summed E-state index contributed by atoms with van der Waals surface area (Å²) in [6.07, 6.45) is 1.93. The summed E-state index contributed by atoms with van der Waals surface area (Å²) in [4.78, 5) is 28.8. The number of nitrogens with zero attached hydrogens (tertiary/aromatic N) is 2. The zero-order chi connectivity index (χ0) is 27.4. The van der Waals surface area contributed by atoms with E-state index in [0.29, 0.717) is 17.0 Å². The molecule has 5 rings (SSSR count). The van der Waals surface area contributed by atoms with E-state index < -0.39 is 17.7 Å². The number of aliphatic hydroxyl groups excluding tert-OH is 1. The molecule has 1 saturated heterocycles. The van der Waals surface area contributed by atoms with Gasteiger partial charge in [-0.1, -0.05) is 51.1 Å². The van der Waals surface area contributed by atoms with Crippen molar-refractivity contribution >= 4 is 34.0 Å². The number of aryl methyl sites for hydroxylation is 2. The highest BCUT2D eigenvalue weighted by Crippen LogP contribution is 2.45. The van der Waals surface area contributed by atoms with Gasteiger partial charge in [-0.15, -0.1) is 0 Å². The number of benzene rings is 3. The summed E-state index contributed by atoms with van der Waals surface area (Å²) < 4.78 is 7.27. The van der Waals surface area contributed by atoms with Gasteiger partial charge in [-0.2, -0.15) is 0 Å². The van der Waals surface area contributed by atoms with E-state index in [1.807, 2.05) is 67.2 Å². The molecule has 4 aromatic rings. The topological polar surface area (TPSA) is 71.8 Å². The third-order valence-corrected chi connectivity index (χ3v) is 7.38. The van der Waals surface area contributed by atoms with Gasteiger partial charge >= 0.3 is 0 Å². The van der Waals surface area contributed by atoms with Crippen LogP contribution in [0.25, 0.3) is 16.7 Å². The Balaban J connectivity index is 1.80. The summed E-state index contributed by atoms with van der Waals surface area (Å²) in [5.74, 6) is -0.918. The molecule has 2 heterocycles. The Bertz CT molecular complexity index is 1600. The van der Waals surface area contributed by atoms with Gasteiger partial charge in [0.15, 0.2) is 0 Å². The van der Waals surface area contributed by atoms with Crippen molar-refractivity contribution in [2.45, 2.75) is 39.2 Å². The zero-order valence-corrected chi connectivity index (χ0v) is 22.6. The Morgan fingerprint density at radius 2 is 1.66 bits per heavy atom. The molecule has 0 spiro atoms. The van der Waals surface area contributed by atoms with E-state index in [-0.39, 0.29) is 16.7 Å². The largest absolute Gasteiger partial charge is 0.507 e. The number of aliphatic hydroxyl groups is 1. The summed E-state index contributed by atoms with van der Waals surface area (Å²) >= 11 is 0. The molecule has 0 aliphatic carbocycles. The number of ketones is 1. The van der Waals surface area contributed by atoms with Crippen molar-refractivity contribution in [3.63, 3.8) is 0 Å². The molecule has 0 bridgehead atoms. The molecule has 3 aromatic carbocycles. The van der Waals surface area contributed by atoms with Gasteiger partial charge < -0.3 is 14.4 Å². The number of rotatable bonds is 4. The van der Waals surface area contributed by atoms with Gasteiger partial charge in [-0.3, -0.25) is 14.5 Å². The summed E-state index contributed by atoms with van der Waals surface area (Å²) in [6.45, 7) is 8.19. The van der Waals surface area contributed by atoms with Crippen molar-refractivity contribution in [2.24, 2.45) is 7.05 Å². The number of methoxy groups -OCH3 is 1. The van der Waals surface area contributed by atoms with Crippen LogP contribution in [0.3, 0.4) is 0 Å². The molecule has 1 atom stereocenters. The van der Waals surface area contributed by atoms with Crippen LogP contribution in [0.15, 0.2) is 78.5 Å². The van der Waals surface area contributed by atoms with E-state index >= 15 is 0 Å². The van der Waals surface area contributed by atoms with Crippen molar-refractivity contribution in [1.29, 1.82) is 0 Å². The highest BCUT2D eigenvalue weighted by Gasteiger charge is 2.48. The average Bonchev–Trinajstić information content (AvgIpc) is 3.36. The molecule has 1 amide bonds. The maximum atomic E-state index is 13.7. The molecule has 1 fully saturated rings. The molecule has 38 heavy (non-hydrogen) atoms. The first-order valence-electron chi connectivity index (χ1n) is 12.6. The van der Waals surface area contributed by atoms with Crippen molar-refractivity contribution in [2.75, 3.05) is 12.0 Å². The Morgan fingerprint density at radius 1 is 0.974 bits per heavy atom. The first-order chi connectivity index (χ1) is 18.0. The highest BCUT2D eigenvalue weighted by atomic mass is 16.5. The first-order valence-corrected chi connectivity index (χ1v) is 12.6. The number of hydrogen-bond donors (Lipinski definition) is 1. The van der Waals surface area contributed by atoms with Gasteiger partial charge in [0.2, 0.25) is 0 Å². The predicted octanol–water partition coefficient (Wildman–Crippen LogP) is 6.42. The minimum absolute atomic E-state index is 0.0799. The molecule has 1 aliphatic heterocycles. The lowest BCUT2D eigenvalue weighted by molar-refractivity contribution is -0.132. The number of aromatic nitrogens is 1. The number of ether oxygens (including phenoxy) is 1. The Kier molecular flexibility index (Phi) is 6.14. The Morgan fingerprint density at radius 3 is 2.32 bits per heavy atom. The van der Waals surface area contributed by atoms with Crippen LogP contribution in [0.4, 0.5) is 5.69 Å². The molecule has 0 radical (unpaired) electrons. The second-order valence-electron chi connectivity index (χ2n) is 10.9. The monoisotopic (exact) mass is 508 g/mol. The third-order valence-electron chi connectivity index (χ3n) is 7.38. The van der Waals surface area contributed by atoms with Gasteiger partial charge in [0.1, 0.15) is 11.5 Å². The second-order valence-corrected chi connectivity index (χ2v) is 10.9. The van der Waals surface area contributed by atoms with E-state index in [1.54, 1.807) is 31.4 Å². The lowest BCUT2D eigenvalue weighted by atomic mass is 9.84. The van der Waals surface area contributed by atoms with Crippen LogP contribution in [0.1, 0.15) is 49.1 Å². The van der Waals surface area contributed by atoms with Gasteiger partial charge in [-0.25, -0.2) is 0 Å². The molecule has 0 saturated carbocycles. The number of para-hydroxylation sites is 1. The normalized spacial score (nSPS) is 17.4. The molecule has 194 valence electrons. The molecule has 6 nitrogen and oxygen atoms in total. The van der Waals surface area contributed by atoms with Gasteiger partial charge in [-0.05, 0) is 59.9 Å². The number of Topliss-reactive ketones (excluding diaryl/α,β-unsaturated/α-hetero) is 1. The second kappa shape index (κ2) is 9.21. The van der Waals surface area contributed by atoms with E-state index in [2.05, 4.69) is 20.8 Å². The first kappa shape index (κ1) is 25.3. The minimum atomic E-state index is -0.813. The van der Waals surface area contributed by atoms with E-state index in [9.17, 15) is 14.7 Å². The molecule has 1 N–H and O–H groups in total. The minimum Gasteiger partial charge on any atom is -0.507 e. The van der Waals surface area contributed by atoms with Crippen molar-refractivity contribution < 1.29 is 19.4 Å². The Labute approximate surface area is 222 Å². The van der Waals surface area contributed by atoms with Crippen LogP contribution >= 0.6 is 0 Å². The number of fused-ring (bicyclic) bond motifs is 1. The summed E-state index contributed by atoms with van der Waals surface area (Å²) in [6, 6.07) is 20.0. The maximum absolute atomic E-state index is 13.7. The number of amides is 1. The summed E-state index contributed by atoms with van der Waals surface area (Å²) in [5.41, 5.74) is 4.60. The molecular weight excluding hydrogens is 476 g/mol. The van der Waals surface area contributed by atoms with Gasteiger partial charge in [0, 0.05) is 41.0 Å². The van der Waals surface area contributed by atoms with E-state index in [4.69, 9.17) is 4.74 Å². The smallest absolute Gasteiger partial charge is 0.300 e. The van der Waals surface area contributed by atoms with E-state index in [1.165, 1.54) is 4.90 Å². The van der Waals surface area contributed by atoms with Crippen LogP contribution in [-0.4, -0.2) is 28.5 Å². The fourth-order valence-electron chi connectivity index (χ4n) is 5.22.